The minimum atomic E-state index is -0.800. The Kier molecular flexibility index (Phi) is 6.86. The number of halogens is 1. The van der Waals surface area contributed by atoms with Crippen LogP contribution in [0.25, 0.3) is 11.1 Å². The van der Waals surface area contributed by atoms with Gasteiger partial charge in [-0.3, -0.25) is 9.78 Å². The summed E-state index contributed by atoms with van der Waals surface area (Å²) in [6.07, 6.45) is 5.81. The van der Waals surface area contributed by atoms with Crippen LogP contribution in [-0.4, -0.2) is 38.4 Å². The number of nitrogens with one attached hydrogen (secondary N) is 1. The lowest BCUT2D eigenvalue weighted by atomic mass is 9.90. The molecule has 0 bridgehead atoms. The molecule has 7 nitrogen and oxygen atoms in total. The van der Waals surface area contributed by atoms with Crippen LogP contribution in [0.2, 0.25) is 0 Å². The highest BCUT2D eigenvalue weighted by Crippen LogP contribution is 2.47. The Hall–Kier alpha value is -3.52. The Balaban J connectivity index is 1.36. The maximum Gasteiger partial charge on any atom is 0.307 e. The van der Waals surface area contributed by atoms with E-state index in [-0.39, 0.29) is 23.7 Å². The molecule has 2 aliphatic carbocycles. The summed E-state index contributed by atoms with van der Waals surface area (Å²) in [5.41, 5.74) is 5.77. The van der Waals surface area contributed by atoms with Gasteiger partial charge in [-0.2, -0.15) is 0 Å². The van der Waals surface area contributed by atoms with Crippen LogP contribution in [0.3, 0.4) is 0 Å². The van der Waals surface area contributed by atoms with Crippen LogP contribution < -0.4 is 10.1 Å². The topological polar surface area (TPSA) is 105 Å². The maximum atomic E-state index is 15.2. The molecule has 0 saturated heterocycles. The van der Waals surface area contributed by atoms with Crippen molar-refractivity contribution in [1.82, 2.24) is 9.97 Å². The first-order valence-electron chi connectivity index (χ1n) is 13.1. The molecule has 3 atom stereocenters. The number of aryl methyl sites for hydroxylation is 2. The van der Waals surface area contributed by atoms with Gasteiger partial charge in [-0.15, -0.1) is 0 Å². The van der Waals surface area contributed by atoms with Crippen LogP contribution in [0.15, 0.2) is 36.7 Å². The highest BCUT2D eigenvalue weighted by molar-refractivity contribution is 5.77. The third-order valence-corrected chi connectivity index (χ3v) is 7.57. The number of carboxylic acid groups (broad SMARTS) is 1. The third-order valence-electron chi connectivity index (χ3n) is 7.57. The molecule has 1 aromatic heterocycles. The Morgan fingerprint density at radius 2 is 1.92 bits per heavy atom. The predicted molar refractivity (Wildman–Crippen MR) is 143 cm³/mol. The lowest BCUT2D eigenvalue weighted by molar-refractivity contribution is -0.138. The van der Waals surface area contributed by atoms with Gasteiger partial charge in [0, 0.05) is 17.9 Å². The quantitative estimate of drug-likeness (QED) is 0.332. The summed E-state index contributed by atoms with van der Waals surface area (Å²) in [4.78, 5) is 20.0. The number of rotatable bonds is 9. The van der Waals surface area contributed by atoms with E-state index in [4.69, 9.17) is 9.84 Å². The summed E-state index contributed by atoms with van der Waals surface area (Å²) in [5, 5.41) is 22.4. The van der Waals surface area contributed by atoms with E-state index in [0.717, 1.165) is 46.4 Å². The van der Waals surface area contributed by atoms with E-state index in [9.17, 15) is 9.90 Å². The summed E-state index contributed by atoms with van der Waals surface area (Å²) in [6.45, 7) is 8.03. The number of carboxylic acids is 1. The molecule has 1 heterocycles. The number of nitrogens with zero attached hydrogens (tertiary/aromatic N) is 2. The van der Waals surface area contributed by atoms with Crippen LogP contribution in [0.1, 0.15) is 73.0 Å². The number of aromatic nitrogens is 2. The molecular weight excluding hydrogens is 485 g/mol. The van der Waals surface area contributed by atoms with Gasteiger partial charge in [0.15, 0.2) is 0 Å². The zero-order valence-electron chi connectivity index (χ0n) is 22.2. The van der Waals surface area contributed by atoms with Crippen molar-refractivity contribution >= 4 is 11.8 Å². The first-order valence-corrected chi connectivity index (χ1v) is 13.1. The van der Waals surface area contributed by atoms with Crippen molar-refractivity contribution in [2.75, 3.05) is 11.9 Å². The van der Waals surface area contributed by atoms with Crippen LogP contribution >= 0.6 is 0 Å². The molecule has 0 radical (unpaired) electrons. The summed E-state index contributed by atoms with van der Waals surface area (Å²) in [5.74, 6) is -0.194. The Morgan fingerprint density at radius 1 is 1.18 bits per heavy atom. The number of carbonyl (C=O) groups is 1. The van der Waals surface area contributed by atoms with Gasteiger partial charge in [0.05, 0.1) is 42.3 Å². The number of benzene rings is 2. The fraction of sp³-hybridized carbons (Fsp3) is 0.433. The largest absolute Gasteiger partial charge is 0.493 e. The van der Waals surface area contributed by atoms with E-state index in [1.54, 1.807) is 26.2 Å². The van der Waals surface area contributed by atoms with Gasteiger partial charge in [-0.1, -0.05) is 6.07 Å². The second-order valence-electron chi connectivity index (χ2n) is 11.2. The van der Waals surface area contributed by atoms with Crippen LogP contribution in [0.5, 0.6) is 5.75 Å². The summed E-state index contributed by atoms with van der Waals surface area (Å²) < 4.78 is 21.1. The van der Waals surface area contributed by atoms with Crippen molar-refractivity contribution in [1.29, 1.82) is 0 Å². The molecule has 1 fully saturated rings. The zero-order valence-corrected chi connectivity index (χ0v) is 22.2. The van der Waals surface area contributed by atoms with E-state index < -0.39 is 11.6 Å². The van der Waals surface area contributed by atoms with Gasteiger partial charge < -0.3 is 20.3 Å². The molecule has 2 unspecified atom stereocenters. The van der Waals surface area contributed by atoms with Gasteiger partial charge in [-0.05, 0) is 93.0 Å². The molecular formula is C30H34FN3O4. The molecule has 3 N–H and O–H groups in total. The first-order chi connectivity index (χ1) is 18.0. The smallest absolute Gasteiger partial charge is 0.307 e. The average Bonchev–Trinajstić information content (AvgIpc) is 3.54. The average molecular weight is 520 g/mol. The number of hydrogen-bond donors (Lipinski definition) is 3. The van der Waals surface area contributed by atoms with Crippen LogP contribution in [-0.2, 0) is 11.2 Å². The van der Waals surface area contributed by atoms with E-state index in [1.165, 1.54) is 6.07 Å². The van der Waals surface area contributed by atoms with E-state index >= 15 is 4.39 Å². The molecule has 200 valence electrons. The minimum Gasteiger partial charge on any atom is -0.493 e. The molecule has 8 heteroatoms. The fourth-order valence-corrected chi connectivity index (χ4v) is 5.52. The maximum absolute atomic E-state index is 15.2. The molecule has 1 saturated carbocycles. The van der Waals surface area contributed by atoms with Crippen LogP contribution in [0, 0.1) is 25.6 Å². The van der Waals surface area contributed by atoms with Crippen molar-refractivity contribution in [3.05, 3.63) is 70.4 Å². The van der Waals surface area contributed by atoms with Gasteiger partial charge in [-0.25, -0.2) is 9.37 Å². The third kappa shape index (κ3) is 5.36. The number of aliphatic hydroxyl groups is 1. The lowest BCUT2D eigenvalue weighted by Gasteiger charge is -2.20. The molecule has 5 rings (SSSR count). The summed E-state index contributed by atoms with van der Waals surface area (Å²) >= 11 is 0. The SMILES string of the molecule is Cc1cc(OCCC(C)(C)O)cc(C)c1-c1ccc(F)c2c1CC[C@H]2Nc1cnc(C2CC2C(=O)O)cn1. The van der Waals surface area contributed by atoms with Gasteiger partial charge >= 0.3 is 5.97 Å². The van der Waals surface area contributed by atoms with E-state index in [1.807, 2.05) is 32.0 Å². The highest BCUT2D eigenvalue weighted by Gasteiger charge is 2.45. The van der Waals surface area contributed by atoms with Crippen molar-refractivity contribution < 1.29 is 24.1 Å². The monoisotopic (exact) mass is 519 g/mol. The van der Waals surface area contributed by atoms with Crippen molar-refractivity contribution in [2.24, 2.45) is 5.92 Å². The number of anilines is 1. The molecule has 38 heavy (non-hydrogen) atoms. The second kappa shape index (κ2) is 9.98. The van der Waals surface area contributed by atoms with Gasteiger partial charge in [0.25, 0.3) is 0 Å². The zero-order chi connectivity index (χ0) is 27.2. The van der Waals surface area contributed by atoms with Crippen molar-refractivity contribution in [2.45, 2.75) is 70.9 Å². The van der Waals surface area contributed by atoms with E-state index in [0.29, 0.717) is 36.5 Å². The molecule has 0 amide bonds. The molecule has 2 aliphatic rings. The number of hydrogen-bond acceptors (Lipinski definition) is 6. The minimum absolute atomic E-state index is 0.0777. The van der Waals surface area contributed by atoms with Gasteiger partial charge in [0.1, 0.15) is 17.4 Å². The number of aliphatic carboxylic acids is 1. The standard InChI is InChI=1S/C30H34FN3O4/c1-16-11-18(38-10-9-30(3,4)37)12-17(2)27(16)19-5-7-23(31)28-20(19)6-8-24(28)34-26-15-32-25(14-33-26)21-13-22(21)29(35)36/h5,7,11-12,14-15,21-22,24,37H,6,8-10,13H2,1-4H3,(H,33,34)(H,35,36)/t21?,22?,24-/m1/s1. The summed E-state index contributed by atoms with van der Waals surface area (Å²) in [7, 11) is 0. The highest BCUT2D eigenvalue weighted by atomic mass is 19.1. The van der Waals surface area contributed by atoms with Crippen molar-refractivity contribution in [3.63, 3.8) is 0 Å². The van der Waals surface area contributed by atoms with Gasteiger partial charge in [0.2, 0.25) is 0 Å². The second-order valence-corrected chi connectivity index (χ2v) is 11.2. The Bertz CT molecular complexity index is 1340. The molecule has 0 aliphatic heterocycles. The fourth-order valence-electron chi connectivity index (χ4n) is 5.52. The Morgan fingerprint density at radius 3 is 2.53 bits per heavy atom. The molecule has 0 spiro atoms. The predicted octanol–water partition coefficient (Wildman–Crippen LogP) is 5.73. The van der Waals surface area contributed by atoms with Crippen LogP contribution in [0.4, 0.5) is 10.2 Å². The number of ether oxygens (including phenoxy) is 1. The first kappa shape index (κ1) is 26.1. The van der Waals surface area contributed by atoms with Crippen molar-refractivity contribution in [3.8, 4) is 16.9 Å². The summed E-state index contributed by atoms with van der Waals surface area (Å²) in [6, 6.07) is 7.17. The Labute approximate surface area is 222 Å². The normalized spacial score (nSPS) is 20.2. The molecule has 2 aromatic carbocycles. The lowest BCUT2D eigenvalue weighted by Crippen LogP contribution is -2.21. The molecule has 3 aromatic rings. The van der Waals surface area contributed by atoms with E-state index in [2.05, 4.69) is 15.3 Å². The number of fused-ring (bicyclic) bond motifs is 1.